The normalized spacial score (nSPS) is 17.2. The number of fused-ring (bicyclic) bond motifs is 1. The second kappa shape index (κ2) is 15.5. The van der Waals surface area contributed by atoms with Gasteiger partial charge >= 0.3 is 0 Å². The number of amides is 2. The van der Waals surface area contributed by atoms with Gasteiger partial charge in [-0.2, -0.15) is 0 Å². The van der Waals surface area contributed by atoms with Crippen LogP contribution in [0, 0.1) is 5.92 Å². The summed E-state index contributed by atoms with van der Waals surface area (Å²) in [5.74, 6) is -0.0563. The molecule has 1 aliphatic heterocycles. The van der Waals surface area contributed by atoms with Crippen LogP contribution in [0.2, 0.25) is 0 Å². The summed E-state index contributed by atoms with van der Waals surface area (Å²) < 4.78 is 35.3. The summed E-state index contributed by atoms with van der Waals surface area (Å²) in [5.41, 5.74) is 9.37. The van der Waals surface area contributed by atoms with Gasteiger partial charge in [-0.3, -0.25) is 19.2 Å². The Bertz CT molecular complexity index is 1870. The van der Waals surface area contributed by atoms with Crippen molar-refractivity contribution in [3.63, 3.8) is 0 Å². The first-order valence-corrected chi connectivity index (χ1v) is 17.6. The Morgan fingerprint density at radius 3 is 2.43 bits per heavy atom. The summed E-state index contributed by atoms with van der Waals surface area (Å²) in [6.45, 7) is 5.07. The molecule has 0 saturated carbocycles. The van der Waals surface area contributed by atoms with E-state index >= 15 is 0 Å². The van der Waals surface area contributed by atoms with Crippen molar-refractivity contribution in [3.8, 4) is 5.75 Å². The molecule has 0 spiro atoms. The number of rotatable bonds is 11. The maximum absolute atomic E-state index is 13.6. The molecule has 0 saturated heterocycles. The Morgan fingerprint density at radius 2 is 1.73 bits per heavy atom. The lowest BCUT2D eigenvalue weighted by molar-refractivity contribution is -0.134. The van der Waals surface area contributed by atoms with Crippen LogP contribution in [0.4, 0.5) is 17.1 Å². The van der Waals surface area contributed by atoms with Crippen LogP contribution in [0.15, 0.2) is 102 Å². The van der Waals surface area contributed by atoms with Crippen LogP contribution >= 0.6 is 0 Å². The number of carbonyl (C=O) groups excluding carboxylic acids is 2. The molecule has 258 valence electrons. The predicted octanol–water partition coefficient (Wildman–Crippen LogP) is 4.60. The standard InChI is InChI=1S/C37H43N5O6S/c1-25-21-42(26(2)24-43)36(44)20-29-19-30(40-49(46,47)31-9-5-4-6-10-31)17-18-34(29)48-35(25)23-41(3)22-27-13-15-28(16-14-27)37(45)39-33-12-8-7-11-32(33)38/h4-19,25-26,35,40,43H,20-24,38H2,1-3H3,(H,39,45)/t25-,26+,35-/m0/s1. The lowest BCUT2D eigenvalue weighted by Crippen LogP contribution is -2.47. The molecule has 49 heavy (non-hydrogen) atoms. The third-order valence-electron chi connectivity index (χ3n) is 8.59. The molecule has 3 atom stereocenters. The minimum atomic E-state index is -3.85. The first-order chi connectivity index (χ1) is 23.4. The Balaban J connectivity index is 1.32. The van der Waals surface area contributed by atoms with Gasteiger partial charge in [-0.1, -0.05) is 49.4 Å². The van der Waals surface area contributed by atoms with Gasteiger partial charge in [-0.25, -0.2) is 8.42 Å². The summed E-state index contributed by atoms with van der Waals surface area (Å²) in [6.07, 6.45) is -0.372. The van der Waals surface area contributed by atoms with Crippen molar-refractivity contribution in [2.45, 2.75) is 43.9 Å². The summed E-state index contributed by atoms with van der Waals surface area (Å²) in [5, 5.41) is 12.8. The molecule has 4 aromatic carbocycles. The van der Waals surface area contributed by atoms with E-state index in [0.29, 0.717) is 53.6 Å². The minimum Gasteiger partial charge on any atom is -0.488 e. The number of sulfonamides is 1. The molecule has 0 aliphatic carbocycles. The van der Waals surface area contributed by atoms with Crippen LogP contribution in [-0.2, 0) is 27.8 Å². The topological polar surface area (TPSA) is 154 Å². The van der Waals surface area contributed by atoms with Crippen molar-refractivity contribution < 1.29 is 27.9 Å². The van der Waals surface area contributed by atoms with E-state index in [0.717, 1.165) is 5.56 Å². The zero-order valence-electron chi connectivity index (χ0n) is 27.9. The number of nitrogens with two attached hydrogens (primary N) is 1. The number of anilines is 3. The van der Waals surface area contributed by atoms with Crippen LogP contribution in [0.1, 0.15) is 35.3 Å². The largest absolute Gasteiger partial charge is 0.488 e. The molecule has 5 rings (SSSR count). The van der Waals surface area contributed by atoms with Gasteiger partial charge in [-0.15, -0.1) is 0 Å². The second-order valence-corrected chi connectivity index (χ2v) is 14.2. The number of nitrogen functional groups attached to an aromatic ring is 1. The molecule has 4 aromatic rings. The van der Waals surface area contributed by atoms with Gasteiger partial charge in [0, 0.05) is 42.4 Å². The van der Waals surface area contributed by atoms with E-state index < -0.39 is 16.1 Å². The van der Waals surface area contributed by atoms with Crippen LogP contribution < -0.4 is 20.5 Å². The fourth-order valence-electron chi connectivity index (χ4n) is 5.77. The first-order valence-electron chi connectivity index (χ1n) is 16.1. The van der Waals surface area contributed by atoms with Gasteiger partial charge in [-0.05, 0) is 74.1 Å². The number of likely N-dealkylation sites (N-methyl/N-ethyl adjacent to an activating group) is 1. The number of para-hydroxylation sites is 2. The third kappa shape index (κ3) is 8.96. The second-order valence-electron chi connectivity index (χ2n) is 12.6. The molecule has 0 bridgehead atoms. The van der Waals surface area contributed by atoms with Crippen LogP contribution in [0.3, 0.4) is 0 Å². The van der Waals surface area contributed by atoms with Crippen molar-refractivity contribution >= 4 is 38.9 Å². The van der Waals surface area contributed by atoms with E-state index in [4.69, 9.17) is 10.5 Å². The minimum absolute atomic E-state index is 0.0212. The predicted molar refractivity (Wildman–Crippen MR) is 191 cm³/mol. The molecule has 1 aliphatic rings. The van der Waals surface area contributed by atoms with E-state index in [1.54, 1.807) is 78.6 Å². The number of hydrogen-bond donors (Lipinski definition) is 4. The maximum atomic E-state index is 13.6. The molecule has 0 radical (unpaired) electrons. The molecule has 0 aromatic heterocycles. The molecule has 11 nitrogen and oxygen atoms in total. The summed E-state index contributed by atoms with van der Waals surface area (Å²) in [6, 6.07) is 27.1. The van der Waals surface area contributed by atoms with Crippen molar-refractivity contribution in [2.75, 3.05) is 42.5 Å². The number of nitrogens with zero attached hydrogens (tertiary/aromatic N) is 2. The van der Waals surface area contributed by atoms with E-state index in [9.17, 15) is 23.1 Å². The van der Waals surface area contributed by atoms with Gasteiger partial charge in [0.15, 0.2) is 0 Å². The zero-order valence-corrected chi connectivity index (χ0v) is 28.7. The van der Waals surface area contributed by atoms with Crippen molar-refractivity contribution in [3.05, 3.63) is 114 Å². The molecule has 2 amide bonds. The highest BCUT2D eigenvalue weighted by molar-refractivity contribution is 7.92. The number of carbonyl (C=O) groups is 2. The number of hydrogen-bond acceptors (Lipinski definition) is 8. The van der Waals surface area contributed by atoms with E-state index in [2.05, 4.69) is 14.9 Å². The number of nitrogens with one attached hydrogen (secondary N) is 2. The van der Waals surface area contributed by atoms with Gasteiger partial charge in [0.2, 0.25) is 5.91 Å². The van der Waals surface area contributed by atoms with Crippen LogP contribution in [-0.4, -0.2) is 74.0 Å². The van der Waals surface area contributed by atoms with Crippen molar-refractivity contribution in [1.82, 2.24) is 9.80 Å². The monoisotopic (exact) mass is 685 g/mol. The Labute approximate surface area is 287 Å². The van der Waals surface area contributed by atoms with Gasteiger partial charge in [0.25, 0.3) is 15.9 Å². The highest BCUT2D eigenvalue weighted by atomic mass is 32.2. The Morgan fingerprint density at radius 1 is 1.04 bits per heavy atom. The number of benzene rings is 4. The maximum Gasteiger partial charge on any atom is 0.261 e. The lowest BCUT2D eigenvalue weighted by Gasteiger charge is -2.34. The molecule has 5 N–H and O–H groups in total. The highest BCUT2D eigenvalue weighted by Gasteiger charge is 2.31. The molecule has 0 fully saturated rings. The molecular formula is C37H43N5O6S. The fourth-order valence-corrected chi connectivity index (χ4v) is 6.85. The lowest BCUT2D eigenvalue weighted by atomic mass is 10.0. The Hall–Kier alpha value is -4.91. The number of aliphatic hydroxyl groups excluding tert-OH is 1. The van der Waals surface area contributed by atoms with Gasteiger partial charge in [0.1, 0.15) is 11.9 Å². The smallest absolute Gasteiger partial charge is 0.261 e. The molecule has 12 heteroatoms. The SMILES string of the molecule is C[C@H](CO)N1C[C@H](C)[C@H](CN(C)Cc2ccc(C(=O)Nc3ccccc3N)cc2)Oc2ccc(NS(=O)(=O)c3ccccc3)cc2CC1=O. The quantitative estimate of drug-likeness (QED) is 0.167. The summed E-state index contributed by atoms with van der Waals surface area (Å²) in [4.78, 5) is 30.3. The first kappa shape index (κ1) is 35.4. The summed E-state index contributed by atoms with van der Waals surface area (Å²) >= 11 is 0. The van der Waals surface area contributed by atoms with Crippen molar-refractivity contribution in [1.29, 1.82) is 0 Å². The van der Waals surface area contributed by atoms with E-state index in [-0.39, 0.29) is 41.8 Å². The van der Waals surface area contributed by atoms with Gasteiger partial charge in [0.05, 0.1) is 35.3 Å². The molecular weight excluding hydrogens is 643 g/mol. The number of ether oxygens (including phenoxy) is 1. The number of aliphatic hydroxyl groups is 1. The Kier molecular flexibility index (Phi) is 11.2. The van der Waals surface area contributed by atoms with Crippen molar-refractivity contribution in [2.24, 2.45) is 5.92 Å². The van der Waals surface area contributed by atoms with E-state index in [1.807, 2.05) is 32.2 Å². The fraction of sp³-hybridized carbons (Fsp3) is 0.297. The average molecular weight is 686 g/mol. The van der Waals surface area contributed by atoms with E-state index in [1.165, 1.54) is 12.1 Å². The van der Waals surface area contributed by atoms with Crippen LogP contribution in [0.25, 0.3) is 0 Å². The third-order valence-corrected chi connectivity index (χ3v) is 9.99. The average Bonchev–Trinajstić information content (AvgIpc) is 3.13. The highest BCUT2D eigenvalue weighted by Crippen LogP contribution is 2.30. The molecule has 0 unspecified atom stereocenters. The van der Waals surface area contributed by atoms with Gasteiger partial charge < -0.3 is 25.8 Å². The summed E-state index contributed by atoms with van der Waals surface area (Å²) in [7, 11) is -1.87. The zero-order chi connectivity index (χ0) is 35.1. The van der Waals surface area contributed by atoms with Crippen LogP contribution in [0.5, 0.6) is 5.75 Å². The molecule has 1 heterocycles.